The molecule has 18 heavy (non-hydrogen) atoms. The molecule has 0 aliphatic rings. The van der Waals surface area contributed by atoms with Crippen LogP contribution in [-0.4, -0.2) is 23.4 Å². The summed E-state index contributed by atoms with van der Waals surface area (Å²) in [7, 11) is 0. The average Bonchev–Trinajstić information content (AvgIpc) is 2.97. The molecule has 1 atom stereocenters. The second-order valence-corrected chi connectivity index (χ2v) is 5.34. The first-order chi connectivity index (χ1) is 8.70. The van der Waals surface area contributed by atoms with Crippen LogP contribution in [0.3, 0.4) is 0 Å². The predicted octanol–water partition coefficient (Wildman–Crippen LogP) is 2.53. The van der Waals surface area contributed by atoms with Gasteiger partial charge in [0.1, 0.15) is 0 Å². The smallest absolute Gasteiger partial charge is 0.268 e. The Hall–Kier alpha value is -1.24. The number of hydrogen-bond donors (Lipinski definition) is 1. The number of nitrogens with zero attached hydrogens (tertiary/aromatic N) is 2. The average molecular weight is 267 g/mol. The maximum absolute atomic E-state index is 5.93. The Morgan fingerprint density at radius 3 is 3.00 bits per heavy atom. The second kappa shape index (κ2) is 6.08. The number of hydrogen-bond acceptors (Lipinski definition) is 6. The molecule has 1 unspecified atom stereocenters. The fourth-order valence-corrected chi connectivity index (χ4v) is 2.25. The van der Waals surface area contributed by atoms with E-state index in [9.17, 15) is 0 Å². The summed E-state index contributed by atoms with van der Waals surface area (Å²) in [5.74, 6) is 1.01. The Morgan fingerprint density at radius 2 is 2.33 bits per heavy atom. The summed E-state index contributed by atoms with van der Waals surface area (Å²) < 4.78 is 10.6. The van der Waals surface area contributed by atoms with Crippen molar-refractivity contribution in [2.75, 3.05) is 13.2 Å². The Morgan fingerprint density at radius 1 is 1.50 bits per heavy atom. The van der Waals surface area contributed by atoms with Crippen LogP contribution in [0.25, 0.3) is 10.8 Å². The lowest BCUT2D eigenvalue weighted by Gasteiger charge is -2.06. The molecule has 0 radical (unpaired) electrons. The molecule has 6 heteroatoms. The summed E-state index contributed by atoms with van der Waals surface area (Å²) in [4.78, 5) is 6.47. The summed E-state index contributed by atoms with van der Waals surface area (Å²) in [6.07, 6.45) is 0.971. The molecule has 0 bridgehead atoms. The summed E-state index contributed by atoms with van der Waals surface area (Å²) in [5.41, 5.74) is 5.93. The van der Waals surface area contributed by atoms with Gasteiger partial charge in [-0.2, -0.15) is 4.98 Å². The maximum Gasteiger partial charge on any atom is 0.268 e. The third-order valence-electron chi connectivity index (χ3n) is 2.37. The fraction of sp³-hybridized carbons (Fsp3) is 0.500. The van der Waals surface area contributed by atoms with E-state index in [1.54, 1.807) is 11.3 Å². The first-order valence-corrected chi connectivity index (χ1v) is 6.76. The van der Waals surface area contributed by atoms with Crippen molar-refractivity contribution in [1.29, 1.82) is 0 Å². The van der Waals surface area contributed by atoms with Gasteiger partial charge in [0.05, 0.1) is 17.5 Å². The van der Waals surface area contributed by atoms with E-state index in [1.165, 1.54) is 4.88 Å². The van der Waals surface area contributed by atoms with Gasteiger partial charge in [-0.15, -0.1) is 11.3 Å². The van der Waals surface area contributed by atoms with Gasteiger partial charge in [-0.25, -0.2) is 0 Å². The monoisotopic (exact) mass is 267 g/mol. The summed E-state index contributed by atoms with van der Waals surface area (Å²) in [6.45, 7) is 5.20. The highest BCUT2D eigenvalue weighted by Gasteiger charge is 2.16. The van der Waals surface area contributed by atoms with Crippen molar-refractivity contribution in [3.05, 3.63) is 22.8 Å². The highest BCUT2D eigenvalue weighted by atomic mass is 32.1. The predicted molar refractivity (Wildman–Crippen MR) is 70.4 cm³/mol. The van der Waals surface area contributed by atoms with E-state index in [1.807, 2.05) is 19.1 Å². The molecule has 2 aromatic heterocycles. The minimum Gasteiger partial charge on any atom is -0.379 e. The number of rotatable bonds is 6. The Balaban J connectivity index is 2.01. The van der Waals surface area contributed by atoms with E-state index in [0.717, 1.165) is 11.3 Å². The lowest BCUT2D eigenvalue weighted by molar-refractivity contribution is 0.119. The minimum atomic E-state index is -0.338. The molecule has 0 saturated heterocycles. The minimum absolute atomic E-state index is 0.338. The zero-order valence-corrected chi connectivity index (χ0v) is 11.4. The number of aromatic nitrogens is 2. The Labute approximate surface area is 110 Å². The quantitative estimate of drug-likeness (QED) is 0.814. The van der Waals surface area contributed by atoms with Crippen LogP contribution < -0.4 is 5.73 Å². The molecule has 2 rings (SSSR count). The Kier molecular flexibility index (Phi) is 4.46. The molecule has 5 nitrogen and oxygen atoms in total. The lowest BCUT2D eigenvalue weighted by atomic mass is 10.3. The van der Waals surface area contributed by atoms with Crippen LogP contribution in [0.5, 0.6) is 0 Å². The first-order valence-electron chi connectivity index (χ1n) is 5.94. The molecule has 0 spiro atoms. The zero-order valence-electron chi connectivity index (χ0n) is 10.5. The summed E-state index contributed by atoms with van der Waals surface area (Å²) in [6, 6.07) is 3.65. The van der Waals surface area contributed by atoms with Crippen LogP contribution in [0.15, 0.2) is 16.7 Å². The number of aryl methyl sites for hydroxylation is 1. The van der Waals surface area contributed by atoms with Gasteiger partial charge in [-0.3, -0.25) is 0 Å². The third kappa shape index (κ3) is 3.16. The zero-order chi connectivity index (χ0) is 13.0. The lowest BCUT2D eigenvalue weighted by Crippen LogP contribution is -2.18. The summed E-state index contributed by atoms with van der Waals surface area (Å²) in [5, 5.41) is 3.90. The van der Waals surface area contributed by atoms with Crippen molar-refractivity contribution in [3.63, 3.8) is 0 Å². The highest BCUT2D eigenvalue weighted by molar-refractivity contribution is 7.15. The van der Waals surface area contributed by atoms with Crippen molar-refractivity contribution in [2.24, 2.45) is 5.73 Å². The van der Waals surface area contributed by atoms with Crippen molar-refractivity contribution in [3.8, 4) is 10.8 Å². The highest BCUT2D eigenvalue weighted by Crippen LogP contribution is 2.26. The molecular formula is C12H17N3O2S. The maximum atomic E-state index is 5.93. The molecule has 2 N–H and O–H groups in total. The van der Waals surface area contributed by atoms with Crippen LogP contribution >= 0.6 is 11.3 Å². The van der Waals surface area contributed by atoms with Crippen LogP contribution in [0, 0.1) is 6.92 Å². The van der Waals surface area contributed by atoms with Gasteiger partial charge in [0.25, 0.3) is 5.89 Å². The molecule has 0 fully saturated rings. The number of ether oxygens (including phenoxy) is 1. The van der Waals surface area contributed by atoms with Gasteiger partial charge < -0.3 is 15.0 Å². The second-order valence-electron chi connectivity index (χ2n) is 4.05. The molecule has 98 valence electrons. The van der Waals surface area contributed by atoms with Crippen LogP contribution in [0.4, 0.5) is 0 Å². The van der Waals surface area contributed by atoms with Gasteiger partial charge >= 0.3 is 0 Å². The molecule has 0 saturated carbocycles. The van der Waals surface area contributed by atoms with Crippen molar-refractivity contribution in [2.45, 2.75) is 26.3 Å². The molecule has 2 heterocycles. The van der Waals surface area contributed by atoms with E-state index < -0.39 is 0 Å². The van der Waals surface area contributed by atoms with Crippen molar-refractivity contribution < 1.29 is 9.26 Å². The van der Waals surface area contributed by atoms with Gasteiger partial charge in [0, 0.05) is 11.5 Å². The van der Waals surface area contributed by atoms with Crippen LogP contribution in [0.2, 0.25) is 0 Å². The van der Waals surface area contributed by atoms with Gasteiger partial charge in [0.15, 0.2) is 5.82 Å². The fourth-order valence-electron chi connectivity index (χ4n) is 1.46. The topological polar surface area (TPSA) is 74.2 Å². The van der Waals surface area contributed by atoms with Crippen molar-refractivity contribution >= 4 is 11.3 Å². The van der Waals surface area contributed by atoms with Gasteiger partial charge in [-0.05, 0) is 25.5 Å². The van der Waals surface area contributed by atoms with Crippen LogP contribution in [-0.2, 0) is 4.74 Å². The van der Waals surface area contributed by atoms with E-state index in [4.69, 9.17) is 15.0 Å². The third-order valence-corrected chi connectivity index (χ3v) is 3.36. The molecule has 2 aromatic rings. The Bertz CT molecular complexity index is 495. The van der Waals surface area contributed by atoms with Gasteiger partial charge in [-0.1, -0.05) is 12.1 Å². The SMILES string of the molecule is CCCOCC(N)c1noc(-c2ccc(C)s2)n1. The molecule has 0 aromatic carbocycles. The molecule has 0 aliphatic heterocycles. The molecular weight excluding hydrogens is 250 g/mol. The molecule has 0 aliphatic carbocycles. The standard InChI is InChI=1S/C12H17N3O2S/c1-3-6-16-7-9(13)11-14-12(17-15-11)10-5-4-8(2)18-10/h4-5,9H,3,6-7,13H2,1-2H3. The first kappa shape index (κ1) is 13.2. The molecule has 0 amide bonds. The summed E-state index contributed by atoms with van der Waals surface area (Å²) >= 11 is 1.62. The largest absolute Gasteiger partial charge is 0.379 e. The van der Waals surface area contributed by atoms with E-state index in [2.05, 4.69) is 17.1 Å². The van der Waals surface area contributed by atoms with E-state index in [-0.39, 0.29) is 6.04 Å². The van der Waals surface area contributed by atoms with Crippen molar-refractivity contribution in [1.82, 2.24) is 10.1 Å². The van der Waals surface area contributed by atoms with Gasteiger partial charge in [0.2, 0.25) is 0 Å². The van der Waals surface area contributed by atoms with E-state index >= 15 is 0 Å². The number of thiophene rings is 1. The van der Waals surface area contributed by atoms with Crippen LogP contribution in [0.1, 0.15) is 30.1 Å². The normalized spacial score (nSPS) is 12.8. The van der Waals surface area contributed by atoms with E-state index in [0.29, 0.717) is 24.9 Å². The number of nitrogens with two attached hydrogens (primary N) is 1.